The lowest BCUT2D eigenvalue weighted by atomic mass is 9.73. The first-order chi connectivity index (χ1) is 9.75. The Hall–Kier alpha value is -1.06. The zero-order valence-corrected chi connectivity index (χ0v) is 14.5. The SMILES string of the molecule is CCCCOC(=O)C(C)C(C(=O)OCCCC)C(C)(C)C. The Bertz CT molecular complexity index is 317. The highest BCUT2D eigenvalue weighted by Gasteiger charge is 2.41. The van der Waals surface area contributed by atoms with Gasteiger partial charge in [-0.05, 0) is 18.3 Å². The lowest BCUT2D eigenvalue weighted by Gasteiger charge is -2.32. The molecule has 0 radical (unpaired) electrons. The fourth-order valence-corrected chi connectivity index (χ4v) is 2.30. The normalized spacial score (nSPS) is 14.4. The molecule has 0 rings (SSSR count). The summed E-state index contributed by atoms with van der Waals surface area (Å²) in [5, 5.41) is 0. The lowest BCUT2D eigenvalue weighted by Crippen LogP contribution is -2.39. The molecule has 0 aliphatic rings. The van der Waals surface area contributed by atoms with Crippen LogP contribution in [0.2, 0.25) is 0 Å². The van der Waals surface area contributed by atoms with Crippen LogP contribution in [-0.4, -0.2) is 25.2 Å². The van der Waals surface area contributed by atoms with E-state index in [1.54, 1.807) is 6.92 Å². The monoisotopic (exact) mass is 300 g/mol. The van der Waals surface area contributed by atoms with Crippen LogP contribution < -0.4 is 0 Å². The summed E-state index contributed by atoms with van der Waals surface area (Å²) in [4.78, 5) is 24.4. The maximum absolute atomic E-state index is 12.3. The molecular formula is C17H32O4. The fraction of sp³-hybridized carbons (Fsp3) is 0.882. The van der Waals surface area contributed by atoms with Crippen LogP contribution in [0.15, 0.2) is 0 Å². The van der Waals surface area contributed by atoms with E-state index in [9.17, 15) is 9.59 Å². The van der Waals surface area contributed by atoms with Crippen molar-refractivity contribution in [2.75, 3.05) is 13.2 Å². The maximum Gasteiger partial charge on any atom is 0.310 e. The van der Waals surface area contributed by atoms with Crippen molar-refractivity contribution >= 4 is 11.9 Å². The van der Waals surface area contributed by atoms with E-state index in [-0.39, 0.29) is 17.4 Å². The van der Waals surface area contributed by atoms with Gasteiger partial charge in [0.25, 0.3) is 0 Å². The molecule has 0 saturated carbocycles. The van der Waals surface area contributed by atoms with Gasteiger partial charge in [0.2, 0.25) is 0 Å². The van der Waals surface area contributed by atoms with Gasteiger partial charge in [0.15, 0.2) is 0 Å². The number of hydrogen-bond acceptors (Lipinski definition) is 4. The quantitative estimate of drug-likeness (QED) is 0.477. The number of ether oxygens (including phenoxy) is 2. The topological polar surface area (TPSA) is 52.6 Å². The Kier molecular flexibility index (Phi) is 9.31. The molecule has 0 aromatic heterocycles. The summed E-state index contributed by atoms with van der Waals surface area (Å²) in [5.41, 5.74) is -0.341. The van der Waals surface area contributed by atoms with E-state index in [2.05, 4.69) is 0 Å². The van der Waals surface area contributed by atoms with E-state index in [1.807, 2.05) is 34.6 Å². The van der Waals surface area contributed by atoms with Gasteiger partial charge < -0.3 is 9.47 Å². The maximum atomic E-state index is 12.3. The number of rotatable bonds is 9. The predicted octanol–water partition coefficient (Wildman–Crippen LogP) is 3.97. The van der Waals surface area contributed by atoms with Crippen LogP contribution in [-0.2, 0) is 19.1 Å². The highest BCUT2D eigenvalue weighted by molar-refractivity contribution is 5.82. The van der Waals surface area contributed by atoms with E-state index < -0.39 is 11.8 Å². The van der Waals surface area contributed by atoms with Crippen LogP contribution in [0.3, 0.4) is 0 Å². The summed E-state index contributed by atoms with van der Waals surface area (Å²) >= 11 is 0. The van der Waals surface area contributed by atoms with Crippen molar-refractivity contribution in [3.05, 3.63) is 0 Å². The number of carbonyl (C=O) groups is 2. The molecule has 4 heteroatoms. The molecule has 0 aromatic carbocycles. The Morgan fingerprint density at radius 2 is 1.33 bits per heavy atom. The van der Waals surface area contributed by atoms with Gasteiger partial charge in [0.1, 0.15) is 0 Å². The molecule has 0 bridgehead atoms. The van der Waals surface area contributed by atoms with Crippen LogP contribution in [0.25, 0.3) is 0 Å². The third kappa shape index (κ3) is 7.49. The van der Waals surface area contributed by atoms with Gasteiger partial charge in [0.05, 0.1) is 25.0 Å². The molecule has 124 valence electrons. The summed E-state index contributed by atoms with van der Waals surface area (Å²) in [6.45, 7) is 12.5. The number of esters is 2. The Morgan fingerprint density at radius 3 is 1.71 bits per heavy atom. The summed E-state index contributed by atoms with van der Waals surface area (Å²) in [5.74, 6) is -1.58. The van der Waals surface area contributed by atoms with E-state index in [1.165, 1.54) is 0 Å². The highest BCUT2D eigenvalue weighted by Crippen LogP contribution is 2.34. The summed E-state index contributed by atoms with van der Waals surface area (Å²) in [6, 6.07) is 0. The summed E-state index contributed by atoms with van der Waals surface area (Å²) in [7, 11) is 0. The van der Waals surface area contributed by atoms with Gasteiger partial charge in [-0.3, -0.25) is 9.59 Å². The van der Waals surface area contributed by atoms with Crippen molar-refractivity contribution in [1.82, 2.24) is 0 Å². The molecule has 0 amide bonds. The molecule has 0 heterocycles. The standard InChI is InChI=1S/C17H32O4/c1-7-9-11-20-15(18)13(3)14(17(4,5)6)16(19)21-12-10-8-2/h13-14H,7-12H2,1-6H3. The zero-order valence-electron chi connectivity index (χ0n) is 14.5. The van der Waals surface area contributed by atoms with Crippen molar-refractivity contribution < 1.29 is 19.1 Å². The predicted molar refractivity (Wildman–Crippen MR) is 83.8 cm³/mol. The van der Waals surface area contributed by atoms with Gasteiger partial charge in [-0.25, -0.2) is 0 Å². The van der Waals surface area contributed by atoms with Crippen LogP contribution in [0, 0.1) is 17.3 Å². The minimum Gasteiger partial charge on any atom is -0.465 e. The minimum absolute atomic E-state index is 0.295. The molecule has 0 spiro atoms. The number of hydrogen-bond donors (Lipinski definition) is 0. The first kappa shape index (κ1) is 19.9. The van der Waals surface area contributed by atoms with Crippen LogP contribution in [0.5, 0.6) is 0 Å². The highest BCUT2D eigenvalue weighted by atomic mass is 16.5. The second kappa shape index (κ2) is 9.80. The first-order valence-electron chi connectivity index (χ1n) is 8.08. The van der Waals surface area contributed by atoms with Crippen molar-refractivity contribution in [2.45, 2.75) is 67.2 Å². The van der Waals surface area contributed by atoms with Crippen molar-refractivity contribution in [3.8, 4) is 0 Å². The van der Waals surface area contributed by atoms with E-state index in [4.69, 9.17) is 9.47 Å². The molecule has 0 N–H and O–H groups in total. The van der Waals surface area contributed by atoms with Crippen LogP contribution >= 0.6 is 0 Å². The minimum atomic E-state index is -0.490. The van der Waals surface area contributed by atoms with Gasteiger partial charge in [0, 0.05) is 0 Å². The largest absolute Gasteiger partial charge is 0.465 e. The van der Waals surface area contributed by atoms with Crippen molar-refractivity contribution in [2.24, 2.45) is 17.3 Å². The molecule has 4 nitrogen and oxygen atoms in total. The lowest BCUT2D eigenvalue weighted by molar-refractivity contribution is -0.165. The van der Waals surface area contributed by atoms with E-state index >= 15 is 0 Å². The zero-order chi connectivity index (χ0) is 16.5. The average molecular weight is 300 g/mol. The summed E-state index contributed by atoms with van der Waals surface area (Å²) in [6.07, 6.45) is 3.64. The molecule has 2 atom stereocenters. The Balaban J connectivity index is 4.74. The first-order valence-corrected chi connectivity index (χ1v) is 8.08. The van der Waals surface area contributed by atoms with Crippen molar-refractivity contribution in [3.63, 3.8) is 0 Å². The van der Waals surface area contributed by atoms with Gasteiger partial charge in [-0.2, -0.15) is 0 Å². The molecule has 0 aliphatic carbocycles. The van der Waals surface area contributed by atoms with Gasteiger partial charge >= 0.3 is 11.9 Å². The molecule has 2 unspecified atom stereocenters. The average Bonchev–Trinajstić information content (AvgIpc) is 2.37. The third-order valence-corrected chi connectivity index (χ3v) is 3.54. The second-order valence-electron chi connectivity index (χ2n) is 6.67. The van der Waals surface area contributed by atoms with Gasteiger partial charge in [-0.15, -0.1) is 0 Å². The van der Waals surface area contributed by atoms with Gasteiger partial charge in [-0.1, -0.05) is 54.4 Å². The molecule has 0 fully saturated rings. The van der Waals surface area contributed by atoms with Crippen LogP contribution in [0.1, 0.15) is 67.2 Å². The summed E-state index contributed by atoms with van der Waals surface area (Å²) < 4.78 is 10.6. The van der Waals surface area contributed by atoms with E-state index in [0.29, 0.717) is 13.2 Å². The molecule has 0 aromatic rings. The molecule has 0 saturated heterocycles. The van der Waals surface area contributed by atoms with Crippen LogP contribution in [0.4, 0.5) is 0 Å². The van der Waals surface area contributed by atoms with Crippen molar-refractivity contribution in [1.29, 1.82) is 0 Å². The Labute approximate surface area is 129 Å². The number of carbonyl (C=O) groups excluding carboxylic acids is 2. The molecule has 21 heavy (non-hydrogen) atoms. The molecular weight excluding hydrogens is 268 g/mol. The Morgan fingerprint density at radius 1 is 0.905 bits per heavy atom. The number of unbranched alkanes of at least 4 members (excludes halogenated alkanes) is 2. The smallest absolute Gasteiger partial charge is 0.310 e. The second-order valence-corrected chi connectivity index (χ2v) is 6.67. The fourth-order valence-electron chi connectivity index (χ4n) is 2.30. The molecule has 0 aliphatic heterocycles. The third-order valence-electron chi connectivity index (χ3n) is 3.54. The van der Waals surface area contributed by atoms with E-state index in [0.717, 1.165) is 25.7 Å².